The lowest BCUT2D eigenvalue weighted by molar-refractivity contribution is -0.384. The number of carbonyl (C=O) groups is 1. The monoisotopic (exact) mass is 449 g/mol. The van der Waals surface area contributed by atoms with Crippen molar-refractivity contribution in [3.63, 3.8) is 0 Å². The number of hydrogen-bond donors (Lipinski definition) is 1. The van der Waals surface area contributed by atoms with Gasteiger partial charge in [-0.3, -0.25) is 14.9 Å². The van der Waals surface area contributed by atoms with E-state index >= 15 is 0 Å². The standard InChI is InChI=1S/C25H27N3O5/c1-18(29)27(2)16-21-5-4-6-22(13-21)26-15-20-9-12-24(25(14-20)32-3)33-17-19-7-10-23(11-8-19)28(30)31/h4-14,26H,15-17H2,1-3H3. The van der Waals surface area contributed by atoms with Crippen molar-refractivity contribution >= 4 is 17.3 Å². The van der Waals surface area contributed by atoms with Crippen LogP contribution in [0.15, 0.2) is 66.7 Å². The minimum atomic E-state index is -0.429. The Labute approximate surface area is 192 Å². The highest BCUT2D eigenvalue weighted by molar-refractivity contribution is 5.72. The number of methoxy groups -OCH3 is 1. The number of non-ortho nitro benzene ring substituents is 1. The summed E-state index contributed by atoms with van der Waals surface area (Å²) in [6.07, 6.45) is 0. The third-order valence-electron chi connectivity index (χ3n) is 5.15. The topological polar surface area (TPSA) is 93.9 Å². The largest absolute Gasteiger partial charge is 0.493 e. The number of anilines is 1. The second-order valence-corrected chi connectivity index (χ2v) is 7.63. The molecule has 1 N–H and O–H groups in total. The van der Waals surface area contributed by atoms with Crippen LogP contribution in [0.5, 0.6) is 11.5 Å². The van der Waals surface area contributed by atoms with E-state index < -0.39 is 4.92 Å². The Morgan fingerprint density at radius 1 is 1.00 bits per heavy atom. The molecule has 0 unspecified atom stereocenters. The number of carbonyl (C=O) groups excluding carboxylic acids is 1. The van der Waals surface area contributed by atoms with Gasteiger partial charge in [-0.25, -0.2) is 0 Å². The predicted molar refractivity (Wildman–Crippen MR) is 126 cm³/mol. The van der Waals surface area contributed by atoms with Crippen LogP contribution >= 0.6 is 0 Å². The fourth-order valence-electron chi connectivity index (χ4n) is 3.19. The van der Waals surface area contributed by atoms with Crippen molar-refractivity contribution < 1.29 is 19.2 Å². The third-order valence-corrected chi connectivity index (χ3v) is 5.15. The SMILES string of the molecule is COc1cc(CNc2cccc(CN(C)C(C)=O)c2)ccc1OCc1ccc([N+](=O)[O-])cc1. The summed E-state index contributed by atoms with van der Waals surface area (Å²) in [5.74, 6) is 1.22. The Kier molecular flexibility index (Phi) is 7.86. The van der Waals surface area contributed by atoms with Gasteiger partial charge in [-0.15, -0.1) is 0 Å². The van der Waals surface area contributed by atoms with E-state index in [1.54, 1.807) is 38.1 Å². The third kappa shape index (κ3) is 6.70. The first-order valence-electron chi connectivity index (χ1n) is 10.4. The average molecular weight is 450 g/mol. The van der Waals surface area contributed by atoms with Gasteiger partial charge in [0.15, 0.2) is 11.5 Å². The molecule has 0 bridgehead atoms. The highest BCUT2D eigenvalue weighted by Gasteiger charge is 2.09. The first kappa shape index (κ1) is 23.6. The van der Waals surface area contributed by atoms with Crippen LogP contribution in [-0.4, -0.2) is 29.9 Å². The van der Waals surface area contributed by atoms with Crippen molar-refractivity contribution in [2.45, 2.75) is 26.6 Å². The zero-order valence-electron chi connectivity index (χ0n) is 18.9. The van der Waals surface area contributed by atoms with Crippen LogP contribution in [0.2, 0.25) is 0 Å². The van der Waals surface area contributed by atoms with Crippen LogP contribution < -0.4 is 14.8 Å². The molecule has 3 rings (SSSR count). The van der Waals surface area contributed by atoms with Gasteiger partial charge in [0.1, 0.15) is 6.61 Å². The van der Waals surface area contributed by atoms with Crippen LogP contribution in [0.3, 0.4) is 0 Å². The molecule has 0 fully saturated rings. The molecule has 0 heterocycles. The molecule has 0 aliphatic carbocycles. The molecule has 172 valence electrons. The molecule has 3 aromatic rings. The molecule has 8 nitrogen and oxygen atoms in total. The van der Waals surface area contributed by atoms with E-state index in [-0.39, 0.29) is 18.2 Å². The summed E-state index contributed by atoms with van der Waals surface area (Å²) in [5, 5.41) is 14.2. The summed E-state index contributed by atoms with van der Waals surface area (Å²) < 4.78 is 11.3. The summed E-state index contributed by atoms with van der Waals surface area (Å²) >= 11 is 0. The van der Waals surface area contributed by atoms with Gasteiger partial charge in [-0.1, -0.05) is 18.2 Å². The zero-order chi connectivity index (χ0) is 23.8. The minimum Gasteiger partial charge on any atom is -0.493 e. The van der Waals surface area contributed by atoms with Gasteiger partial charge in [-0.2, -0.15) is 0 Å². The number of nitrogens with one attached hydrogen (secondary N) is 1. The Balaban J connectivity index is 1.60. The van der Waals surface area contributed by atoms with Gasteiger partial charge in [0.05, 0.1) is 12.0 Å². The fraction of sp³-hybridized carbons (Fsp3) is 0.240. The summed E-state index contributed by atoms with van der Waals surface area (Å²) in [6, 6.07) is 19.9. The van der Waals surface area contributed by atoms with E-state index in [4.69, 9.17) is 9.47 Å². The number of ether oxygens (including phenoxy) is 2. The Hall–Kier alpha value is -4.07. The van der Waals surface area contributed by atoms with E-state index in [1.807, 2.05) is 42.5 Å². The fourth-order valence-corrected chi connectivity index (χ4v) is 3.19. The summed E-state index contributed by atoms with van der Waals surface area (Å²) in [6.45, 7) is 2.96. The Morgan fingerprint density at radius 2 is 1.73 bits per heavy atom. The van der Waals surface area contributed by atoms with Crippen LogP contribution in [0.1, 0.15) is 23.6 Å². The molecule has 0 saturated carbocycles. The first-order valence-corrected chi connectivity index (χ1v) is 10.4. The van der Waals surface area contributed by atoms with Crippen molar-refractivity contribution in [3.05, 3.63) is 93.5 Å². The van der Waals surface area contributed by atoms with E-state index in [1.165, 1.54) is 12.1 Å². The quantitative estimate of drug-likeness (QED) is 0.354. The second-order valence-electron chi connectivity index (χ2n) is 7.63. The van der Waals surface area contributed by atoms with Gasteiger partial charge in [0, 0.05) is 44.9 Å². The zero-order valence-corrected chi connectivity index (χ0v) is 18.9. The molecule has 3 aromatic carbocycles. The van der Waals surface area contributed by atoms with Crippen molar-refractivity contribution in [2.24, 2.45) is 0 Å². The van der Waals surface area contributed by atoms with E-state index in [0.717, 1.165) is 22.4 Å². The molecular formula is C25H27N3O5. The molecule has 0 spiro atoms. The van der Waals surface area contributed by atoms with E-state index in [9.17, 15) is 14.9 Å². The number of nitro groups is 1. The first-order chi connectivity index (χ1) is 15.9. The van der Waals surface area contributed by atoms with Crippen LogP contribution in [0, 0.1) is 10.1 Å². The summed E-state index contributed by atoms with van der Waals surface area (Å²) in [7, 11) is 3.36. The van der Waals surface area contributed by atoms with Gasteiger partial charge >= 0.3 is 0 Å². The Bertz CT molecular complexity index is 1120. The van der Waals surface area contributed by atoms with Crippen LogP contribution in [0.4, 0.5) is 11.4 Å². The number of hydrogen-bond acceptors (Lipinski definition) is 6. The number of nitrogens with zero attached hydrogens (tertiary/aromatic N) is 2. The number of nitro benzene ring substituents is 1. The molecule has 8 heteroatoms. The maximum absolute atomic E-state index is 11.5. The maximum Gasteiger partial charge on any atom is 0.269 e. The lowest BCUT2D eigenvalue weighted by Gasteiger charge is -2.16. The summed E-state index contributed by atoms with van der Waals surface area (Å²) in [5.41, 5.74) is 3.89. The van der Waals surface area contributed by atoms with Crippen molar-refractivity contribution in [1.29, 1.82) is 0 Å². The molecule has 1 amide bonds. The molecule has 0 aliphatic heterocycles. The number of rotatable bonds is 10. The highest BCUT2D eigenvalue weighted by atomic mass is 16.6. The molecule has 0 aliphatic rings. The van der Waals surface area contributed by atoms with Crippen LogP contribution in [0.25, 0.3) is 0 Å². The molecule has 0 saturated heterocycles. The predicted octanol–water partition coefficient (Wildman–Crippen LogP) is 4.77. The van der Waals surface area contributed by atoms with E-state index in [0.29, 0.717) is 24.6 Å². The molecule has 0 aromatic heterocycles. The average Bonchev–Trinajstić information content (AvgIpc) is 2.82. The molecule has 0 radical (unpaired) electrons. The van der Waals surface area contributed by atoms with Crippen molar-refractivity contribution in [3.8, 4) is 11.5 Å². The normalized spacial score (nSPS) is 10.4. The summed E-state index contributed by atoms with van der Waals surface area (Å²) in [4.78, 5) is 23.5. The maximum atomic E-state index is 11.5. The molecule has 0 atom stereocenters. The number of amides is 1. The lowest BCUT2D eigenvalue weighted by Crippen LogP contribution is -2.22. The smallest absolute Gasteiger partial charge is 0.269 e. The van der Waals surface area contributed by atoms with Crippen molar-refractivity contribution in [2.75, 3.05) is 19.5 Å². The van der Waals surface area contributed by atoms with Gasteiger partial charge < -0.3 is 19.7 Å². The number of benzene rings is 3. The van der Waals surface area contributed by atoms with Gasteiger partial charge in [0.2, 0.25) is 5.91 Å². The van der Waals surface area contributed by atoms with Crippen LogP contribution in [-0.2, 0) is 24.5 Å². The lowest BCUT2D eigenvalue weighted by atomic mass is 10.1. The molecular weight excluding hydrogens is 422 g/mol. The second kappa shape index (κ2) is 11.0. The Morgan fingerprint density at radius 3 is 2.39 bits per heavy atom. The van der Waals surface area contributed by atoms with Crippen molar-refractivity contribution in [1.82, 2.24) is 4.90 Å². The highest BCUT2D eigenvalue weighted by Crippen LogP contribution is 2.29. The van der Waals surface area contributed by atoms with Gasteiger partial charge in [0.25, 0.3) is 5.69 Å². The van der Waals surface area contributed by atoms with Gasteiger partial charge in [-0.05, 0) is 53.1 Å². The molecule has 33 heavy (non-hydrogen) atoms. The van der Waals surface area contributed by atoms with E-state index in [2.05, 4.69) is 5.32 Å². The minimum absolute atomic E-state index is 0.0244.